The third-order valence-electron chi connectivity index (χ3n) is 1.48. The van der Waals surface area contributed by atoms with Gasteiger partial charge in [-0.3, -0.25) is 5.84 Å². The predicted octanol–water partition coefficient (Wildman–Crippen LogP) is 0.00816. The van der Waals surface area contributed by atoms with E-state index < -0.39 is 0 Å². The van der Waals surface area contributed by atoms with E-state index in [1.807, 2.05) is 26.8 Å². The van der Waals surface area contributed by atoms with Crippen molar-refractivity contribution in [2.75, 3.05) is 5.84 Å². The summed E-state index contributed by atoms with van der Waals surface area (Å²) in [5, 5.41) is 0. The molecule has 0 aliphatic rings. The Bertz CT molecular complexity index is 232. The van der Waals surface area contributed by atoms with Gasteiger partial charge in [0.15, 0.2) is 5.69 Å². The second kappa shape index (κ2) is 2.25. The minimum absolute atomic E-state index is 0.845. The molecule has 0 radical (unpaired) electrons. The second-order valence-electron chi connectivity index (χ2n) is 2.46. The molecule has 2 N–H and O–H groups in total. The summed E-state index contributed by atoms with van der Waals surface area (Å²) in [4.78, 5) is 4.17. The first kappa shape index (κ1) is 6.99. The molecule has 1 rings (SSSR count). The maximum absolute atomic E-state index is 5.60. The first-order valence-electron chi connectivity index (χ1n) is 3.23. The fraction of sp³-hybridized carbons (Fsp3) is 0.429. The molecule has 0 fully saturated rings. The number of aryl methyl sites for hydroxylation is 3. The highest BCUT2D eigenvalue weighted by atomic mass is 15.3. The lowest BCUT2D eigenvalue weighted by atomic mass is 10.3. The van der Waals surface area contributed by atoms with Gasteiger partial charge in [0, 0.05) is 26.8 Å². The van der Waals surface area contributed by atoms with E-state index in [0.29, 0.717) is 0 Å². The van der Waals surface area contributed by atoms with Gasteiger partial charge in [0.1, 0.15) is 5.69 Å². The molecule has 0 saturated carbocycles. The molecule has 1 heterocycles. The summed E-state index contributed by atoms with van der Waals surface area (Å²) in [5.41, 5.74) is 2.04. The average molecular weight is 138 g/mol. The molecule has 0 atom stereocenters. The Morgan fingerprint density at radius 3 is 2.50 bits per heavy atom. The van der Waals surface area contributed by atoms with Gasteiger partial charge in [0.05, 0.1) is 0 Å². The van der Waals surface area contributed by atoms with Crippen LogP contribution in [0.5, 0.6) is 0 Å². The van der Waals surface area contributed by atoms with E-state index in [1.54, 1.807) is 4.68 Å². The molecule has 0 unspecified atom stereocenters. The molecular formula is C7H12N3+. The number of aromatic nitrogens is 2. The first-order chi connectivity index (χ1) is 4.61. The monoisotopic (exact) mass is 138 g/mol. The topological polar surface area (TPSA) is 42.8 Å². The Hall–Kier alpha value is -1.12. The number of hydrogen-bond acceptors (Lipinski definition) is 2. The van der Waals surface area contributed by atoms with Gasteiger partial charge < -0.3 is 0 Å². The Morgan fingerprint density at radius 1 is 1.40 bits per heavy atom. The van der Waals surface area contributed by atoms with Crippen molar-refractivity contribution in [3.63, 3.8) is 0 Å². The maximum atomic E-state index is 5.60. The van der Waals surface area contributed by atoms with Crippen LogP contribution in [0.4, 0.5) is 0 Å². The molecule has 3 heteroatoms. The number of nitrogens with zero attached hydrogens (tertiary/aromatic N) is 2. The van der Waals surface area contributed by atoms with Crippen molar-refractivity contribution in [3.05, 3.63) is 23.3 Å². The van der Waals surface area contributed by atoms with Gasteiger partial charge in [-0.05, 0) is 4.98 Å². The van der Waals surface area contributed by atoms with Gasteiger partial charge in [-0.2, -0.15) is 0 Å². The van der Waals surface area contributed by atoms with Crippen LogP contribution in [-0.2, 0) is 0 Å². The van der Waals surface area contributed by atoms with Crippen LogP contribution in [0.15, 0.2) is 6.07 Å². The van der Waals surface area contributed by atoms with Crippen LogP contribution >= 0.6 is 0 Å². The van der Waals surface area contributed by atoms with Crippen molar-refractivity contribution < 1.29 is 4.68 Å². The third-order valence-corrected chi connectivity index (χ3v) is 1.48. The summed E-state index contributed by atoms with van der Waals surface area (Å²) in [6, 6.07) is 1.95. The molecule has 0 bridgehead atoms. The van der Waals surface area contributed by atoms with Crippen LogP contribution < -0.4 is 10.5 Å². The fourth-order valence-corrected chi connectivity index (χ4v) is 0.968. The Morgan fingerprint density at radius 2 is 2.00 bits per heavy atom. The molecule has 10 heavy (non-hydrogen) atoms. The number of nitrogens with two attached hydrogens (primary N) is 1. The highest BCUT2D eigenvalue weighted by Crippen LogP contribution is 1.93. The standard InChI is InChI=1S/C7H12N3/c1-5-4-6(2)10(8)7(3)9-5/h4H,8H2,1-3H3/q+1. The third kappa shape index (κ3) is 1.07. The zero-order valence-electron chi connectivity index (χ0n) is 6.55. The van der Waals surface area contributed by atoms with E-state index in [2.05, 4.69) is 4.98 Å². The van der Waals surface area contributed by atoms with Crippen LogP contribution in [0.2, 0.25) is 0 Å². The van der Waals surface area contributed by atoms with Crippen molar-refractivity contribution in [3.8, 4) is 0 Å². The SMILES string of the molecule is Cc1cc(C)[n+](N)c(C)n1. The summed E-state index contributed by atoms with van der Waals surface area (Å²) in [5.74, 6) is 6.45. The quantitative estimate of drug-likeness (QED) is 0.405. The second-order valence-corrected chi connectivity index (χ2v) is 2.46. The van der Waals surface area contributed by atoms with Gasteiger partial charge in [0.2, 0.25) is 0 Å². The Kier molecular flexibility index (Phi) is 1.57. The molecule has 54 valence electrons. The van der Waals surface area contributed by atoms with E-state index in [4.69, 9.17) is 5.84 Å². The van der Waals surface area contributed by atoms with Crippen LogP contribution in [0.3, 0.4) is 0 Å². The van der Waals surface area contributed by atoms with Crippen LogP contribution in [0.25, 0.3) is 0 Å². The smallest absolute Gasteiger partial charge is 0.269 e. The number of hydrogen-bond donors (Lipinski definition) is 1. The van der Waals surface area contributed by atoms with Gasteiger partial charge in [-0.25, -0.2) is 0 Å². The molecule has 1 aromatic heterocycles. The van der Waals surface area contributed by atoms with E-state index in [9.17, 15) is 0 Å². The van der Waals surface area contributed by atoms with E-state index in [-0.39, 0.29) is 0 Å². The van der Waals surface area contributed by atoms with Crippen molar-refractivity contribution in [1.82, 2.24) is 4.98 Å². The number of rotatable bonds is 0. The first-order valence-corrected chi connectivity index (χ1v) is 3.23. The van der Waals surface area contributed by atoms with Gasteiger partial charge in [0.25, 0.3) is 0 Å². The molecule has 0 spiro atoms. The van der Waals surface area contributed by atoms with Crippen molar-refractivity contribution >= 4 is 0 Å². The van der Waals surface area contributed by atoms with E-state index in [0.717, 1.165) is 17.2 Å². The Balaban J connectivity index is 3.31. The molecule has 3 nitrogen and oxygen atoms in total. The fourth-order valence-electron chi connectivity index (χ4n) is 0.968. The molecule has 0 amide bonds. The average Bonchev–Trinajstić information content (AvgIpc) is 1.82. The van der Waals surface area contributed by atoms with Crippen molar-refractivity contribution in [1.29, 1.82) is 0 Å². The lowest BCUT2D eigenvalue weighted by Crippen LogP contribution is -2.50. The zero-order chi connectivity index (χ0) is 7.72. The molecule has 0 aromatic carbocycles. The minimum Gasteiger partial charge on any atom is -0.269 e. The summed E-state index contributed by atoms with van der Waals surface area (Å²) < 4.78 is 1.58. The van der Waals surface area contributed by atoms with E-state index in [1.165, 1.54) is 0 Å². The maximum Gasteiger partial charge on any atom is 0.318 e. The van der Waals surface area contributed by atoms with Crippen LogP contribution in [0, 0.1) is 20.8 Å². The van der Waals surface area contributed by atoms with Crippen LogP contribution in [-0.4, -0.2) is 4.98 Å². The molecule has 0 saturated heterocycles. The molecular weight excluding hydrogens is 126 g/mol. The number of nitrogen functional groups attached to an aromatic ring is 1. The lowest BCUT2D eigenvalue weighted by molar-refractivity contribution is -0.655. The molecule has 1 aromatic rings. The summed E-state index contributed by atoms with van der Waals surface area (Å²) in [6.07, 6.45) is 0. The van der Waals surface area contributed by atoms with Crippen molar-refractivity contribution in [2.24, 2.45) is 0 Å². The van der Waals surface area contributed by atoms with Gasteiger partial charge >= 0.3 is 5.82 Å². The highest BCUT2D eigenvalue weighted by molar-refractivity contribution is 5.01. The molecule has 0 aliphatic heterocycles. The van der Waals surface area contributed by atoms with Crippen LogP contribution in [0.1, 0.15) is 17.2 Å². The summed E-state index contributed by atoms with van der Waals surface area (Å²) in [7, 11) is 0. The van der Waals surface area contributed by atoms with Crippen molar-refractivity contribution in [2.45, 2.75) is 20.8 Å². The van der Waals surface area contributed by atoms with E-state index >= 15 is 0 Å². The zero-order valence-corrected chi connectivity index (χ0v) is 6.55. The normalized spacial score (nSPS) is 9.90. The lowest BCUT2D eigenvalue weighted by Gasteiger charge is -1.96. The summed E-state index contributed by atoms with van der Waals surface area (Å²) in [6.45, 7) is 5.81. The largest absolute Gasteiger partial charge is 0.318 e. The predicted molar refractivity (Wildman–Crippen MR) is 38.8 cm³/mol. The highest BCUT2D eigenvalue weighted by Gasteiger charge is 2.07. The Labute approximate surface area is 60.5 Å². The summed E-state index contributed by atoms with van der Waals surface area (Å²) >= 11 is 0. The minimum atomic E-state index is 0.845. The molecule has 0 aliphatic carbocycles. The van der Waals surface area contributed by atoms with Gasteiger partial charge in [-0.1, -0.05) is 0 Å². The van der Waals surface area contributed by atoms with Gasteiger partial charge in [-0.15, -0.1) is 4.68 Å².